The lowest BCUT2D eigenvalue weighted by Crippen LogP contribution is -2.38. The molecule has 1 aromatic rings. The molecule has 0 saturated heterocycles. The van der Waals surface area contributed by atoms with Crippen LogP contribution in [-0.4, -0.2) is 24.0 Å². The third-order valence-corrected chi connectivity index (χ3v) is 3.04. The molecule has 1 rings (SSSR count). The molecule has 0 radical (unpaired) electrons. The summed E-state index contributed by atoms with van der Waals surface area (Å²) in [6.07, 6.45) is 0. The Bertz CT molecular complexity index is 384. The number of rotatable bonds is 5. The maximum Gasteiger partial charge on any atom is 0.194 e. The summed E-state index contributed by atoms with van der Waals surface area (Å²) in [6.45, 7) is 6.81. The first-order valence-electron chi connectivity index (χ1n) is 6.02. The predicted molar refractivity (Wildman–Crippen MR) is 65.6 cm³/mol. The van der Waals surface area contributed by atoms with Gasteiger partial charge >= 0.3 is 0 Å². The molecule has 2 N–H and O–H groups in total. The molecule has 1 unspecified atom stereocenters. The van der Waals surface area contributed by atoms with Crippen LogP contribution in [0.4, 0.5) is 13.2 Å². The average molecular weight is 260 g/mol. The van der Waals surface area contributed by atoms with E-state index in [1.54, 1.807) is 0 Å². The minimum absolute atomic E-state index is 0.180. The van der Waals surface area contributed by atoms with Gasteiger partial charge < -0.3 is 5.73 Å². The summed E-state index contributed by atoms with van der Waals surface area (Å²) >= 11 is 0. The lowest BCUT2D eigenvalue weighted by atomic mass is 10.0. The van der Waals surface area contributed by atoms with E-state index in [2.05, 4.69) is 0 Å². The van der Waals surface area contributed by atoms with Crippen LogP contribution in [0.2, 0.25) is 0 Å². The van der Waals surface area contributed by atoms with Gasteiger partial charge in [-0.05, 0) is 38.1 Å². The maximum absolute atomic E-state index is 13.2. The first kappa shape index (κ1) is 15.0. The third kappa shape index (κ3) is 3.03. The Kier molecular flexibility index (Phi) is 5.16. The van der Waals surface area contributed by atoms with Gasteiger partial charge in [-0.3, -0.25) is 4.90 Å². The highest BCUT2D eigenvalue weighted by Crippen LogP contribution is 2.25. The molecule has 0 aliphatic rings. The van der Waals surface area contributed by atoms with Gasteiger partial charge in [0.1, 0.15) is 0 Å². The number of likely N-dealkylation sites (N-methyl/N-ethyl adjacent to an activating group) is 1. The molecule has 2 nitrogen and oxygen atoms in total. The van der Waals surface area contributed by atoms with Crippen molar-refractivity contribution in [2.24, 2.45) is 5.73 Å². The summed E-state index contributed by atoms with van der Waals surface area (Å²) < 4.78 is 39.4. The number of nitrogens with two attached hydrogens (primary N) is 1. The standard InChI is InChI=1S/C13H19F3N2/c1-4-18(8(2)3)12(7-17)9-5-10(14)13(16)11(15)6-9/h5-6,8,12H,4,7,17H2,1-3H3. The number of benzene rings is 1. The van der Waals surface area contributed by atoms with E-state index in [0.717, 1.165) is 12.1 Å². The zero-order valence-electron chi connectivity index (χ0n) is 10.9. The molecule has 0 saturated carbocycles. The van der Waals surface area contributed by atoms with Gasteiger partial charge in [0.15, 0.2) is 17.5 Å². The number of hydrogen-bond donors (Lipinski definition) is 1. The average Bonchev–Trinajstić information content (AvgIpc) is 2.31. The Hall–Kier alpha value is -1.07. The number of halogens is 3. The van der Waals surface area contributed by atoms with Crippen LogP contribution in [-0.2, 0) is 0 Å². The second-order valence-corrected chi connectivity index (χ2v) is 4.47. The van der Waals surface area contributed by atoms with Crippen molar-refractivity contribution < 1.29 is 13.2 Å². The van der Waals surface area contributed by atoms with E-state index in [9.17, 15) is 13.2 Å². The number of hydrogen-bond acceptors (Lipinski definition) is 2. The molecule has 18 heavy (non-hydrogen) atoms. The Balaban J connectivity index is 3.16. The van der Waals surface area contributed by atoms with Gasteiger partial charge in [-0.2, -0.15) is 0 Å². The zero-order chi connectivity index (χ0) is 13.9. The van der Waals surface area contributed by atoms with Gasteiger partial charge in [0, 0.05) is 18.6 Å². The Morgan fingerprint density at radius 1 is 1.17 bits per heavy atom. The molecule has 5 heteroatoms. The van der Waals surface area contributed by atoms with Gasteiger partial charge in [0.2, 0.25) is 0 Å². The van der Waals surface area contributed by atoms with Crippen molar-refractivity contribution in [3.05, 3.63) is 35.1 Å². The molecule has 1 aromatic carbocycles. The van der Waals surface area contributed by atoms with Crippen LogP contribution in [0.15, 0.2) is 12.1 Å². The summed E-state index contributed by atoms with van der Waals surface area (Å²) in [5.74, 6) is -3.80. The van der Waals surface area contributed by atoms with Crippen molar-refractivity contribution in [1.82, 2.24) is 4.90 Å². The minimum atomic E-state index is -1.44. The SMILES string of the molecule is CCN(C(C)C)C(CN)c1cc(F)c(F)c(F)c1. The summed E-state index contributed by atoms with van der Waals surface area (Å²) in [4.78, 5) is 2.01. The van der Waals surface area contributed by atoms with Crippen molar-refractivity contribution in [1.29, 1.82) is 0 Å². The molecule has 0 spiro atoms. The lowest BCUT2D eigenvalue weighted by Gasteiger charge is -2.33. The summed E-state index contributed by atoms with van der Waals surface area (Å²) in [5.41, 5.74) is 6.04. The van der Waals surface area contributed by atoms with Crippen molar-refractivity contribution in [3.63, 3.8) is 0 Å². The molecular formula is C13H19F3N2. The van der Waals surface area contributed by atoms with E-state index in [1.807, 2.05) is 25.7 Å². The molecule has 0 fully saturated rings. The van der Waals surface area contributed by atoms with Crippen LogP contribution in [0.1, 0.15) is 32.4 Å². The smallest absolute Gasteiger partial charge is 0.194 e. The Morgan fingerprint density at radius 3 is 2.00 bits per heavy atom. The summed E-state index contributed by atoms with van der Waals surface area (Å²) in [6, 6.07) is 1.89. The topological polar surface area (TPSA) is 29.3 Å². The second kappa shape index (κ2) is 6.20. The first-order valence-corrected chi connectivity index (χ1v) is 6.02. The van der Waals surface area contributed by atoms with Crippen LogP contribution in [0.25, 0.3) is 0 Å². The largest absolute Gasteiger partial charge is 0.329 e. The molecule has 0 aromatic heterocycles. The van der Waals surface area contributed by atoms with E-state index in [4.69, 9.17) is 5.73 Å². The fourth-order valence-corrected chi connectivity index (χ4v) is 2.18. The zero-order valence-corrected chi connectivity index (χ0v) is 10.9. The van der Waals surface area contributed by atoms with Crippen molar-refractivity contribution in [2.75, 3.05) is 13.1 Å². The van der Waals surface area contributed by atoms with Gasteiger partial charge in [0.25, 0.3) is 0 Å². The predicted octanol–water partition coefficient (Wildman–Crippen LogP) is 2.83. The summed E-state index contributed by atoms with van der Waals surface area (Å²) in [5, 5.41) is 0. The lowest BCUT2D eigenvalue weighted by molar-refractivity contribution is 0.166. The van der Waals surface area contributed by atoms with Crippen LogP contribution in [0.3, 0.4) is 0 Å². The first-order chi connectivity index (χ1) is 8.42. The van der Waals surface area contributed by atoms with E-state index >= 15 is 0 Å². The van der Waals surface area contributed by atoms with E-state index in [-0.39, 0.29) is 18.6 Å². The van der Waals surface area contributed by atoms with Gasteiger partial charge in [-0.1, -0.05) is 6.92 Å². The Morgan fingerprint density at radius 2 is 1.67 bits per heavy atom. The second-order valence-electron chi connectivity index (χ2n) is 4.47. The van der Waals surface area contributed by atoms with Crippen LogP contribution < -0.4 is 5.73 Å². The molecule has 0 amide bonds. The fourth-order valence-electron chi connectivity index (χ4n) is 2.18. The molecular weight excluding hydrogens is 241 g/mol. The highest BCUT2D eigenvalue weighted by atomic mass is 19.2. The molecule has 0 heterocycles. The van der Waals surface area contributed by atoms with E-state index < -0.39 is 17.5 Å². The number of nitrogens with zero attached hydrogens (tertiary/aromatic N) is 1. The molecule has 0 aliphatic carbocycles. The van der Waals surface area contributed by atoms with Crippen molar-refractivity contribution >= 4 is 0 Å². The highest BCUT2D eigenvalue weighted by Gasteiger charge is 2.23. The van der Waals surface area contributed by atoms with E-state index in [0.29, 0.717) is 12.1 Å². The van der Waals surface area contributed by atoms with Crippen LogP contribution >= 0.6 is 0 Å². The van der Waals surface area contributed by atoms with Crippen LogP contribution in [0.5, 0.6) is 0 Å². The van der Waals surface area contributed by atoms with Gasteiger partial charge in [0.05, 0.1) is 0 Å². The van der Waals surface area contributed by atoms with Crippen molar-refractivity contribution in [2.45, 2.75) is 32.9 Å². The quantitative estimate of drug-likeness (QED) is 0.825. The minimum Gasteiger partial charge on any atom is -0.329 e. The van der Waals surface area contributed by atoms with Crippen molar-refractivity contribution in [3.8, 4) is 0 Å². The molecule has 1 atom stereocenters. The van der Waals surface area contributed by atoms with Gasteiger partial charge in [-0.15, -0.1) is 0 Å². The normalized spacial score (nSPS) is 13.4. The maximum atomic E-state index is 13.2. The third-order valence-electron chi connectivity index (χ3n) is 3.04. The molecule has 0 aliphatic heterocycles. The highest BCUT2D eigenvalue weighted by molar-refractivity contribution is 5.23. The van der Waals surface area contributed by atoms with Gasteiger partial charge in [-0.25, -0.2) is 13.2 Å². The van der Waals surface area contributed by atoms with E-state index in [1.165, 1.54) is 0 Å². The fraction of sp³-hybridized carbons (Fsp3) is 0.538. The summed E-state index contributed by atoms with van der Waals surface area (Å²) in [7, 11) is 0. The monoisotopic (exact) mass is 260 g/mol. The molecule has 0 bridgehead atoms. The Labute approximate surface area is 106 Å². The van der Waals surface area contributed by atoms with Crippen LogP contribution in [0, 0.1) is 17.5 Å². The molecule has 102 valence electrons.